The molecule has 0 bridgehead atoms. The first-order valence-electron chi connectivity index (χ1n) is 16.9. The maximum absolute atomic E-state index is 14.4. The maximum atomic E-state index is 14.4. The van der Waals surface area contributed by atoms with Gasteiger partial charge >= 0.3 is 6.03 Å². The van der Waals surface area contributed by atoms with Crippen molar-refractivity contribution in [2.45, 2.75) is 65.1 Å². The van der Waals surface area contributed by atoms with Gasteiger partial charge in [-0.05, 0) is 63.9 Å². The monoisotopic (exact) mass is 651 g/mol. The summed E-state index contributed by atoms with van der Waals surface area (Å²) < 4.78 is 13.4. The van der Waals surface area contributed by atoms with Gasteiger partial charge in [0.05, 0.1) is 6.54 Å². The van der Waals surface area contributed by atoms with E-state index in [1.165, 1.54) is 17.7 Å². The van der Waals surface area contributed by atoms with Crippen molar-refractivity contribution in [2.24, 2.45) is 0 Å². The Kier molecular flexibility index (Phi) is 11.8. The van der Waals surface area contributed by atoms with Crippen LogP contribution in [0.2, 0.25) is 0 Å². The second kappa shape index (κ2) is 16.4. The van der Waals surface area contributed by atoms with Gasteiger partial charge in [-0.1, -0.05) is 99.6 Å². The molecule has 4 aromatic carbocycles. The first-order valence-corrected chi connectivity index (χ1v) is 16.9. The summed E-state index contributed by atoms with van der Waals surface area (Å²) >= 11 is 0. The Hall–Kier alpha value is -4.76. The topological polar surface area (TPSA) is 85.0 Å². The molecule has 1 aliphatic heterocycles. The number of hydrogen-bond donors (Lipinski definition) is 2. The molecular formula is C39H46FN5O3. The maximum Gasteiger partial charge on any atom is 0.332 e. The lowest BCUT2D eigenvalue weighted by Crippen LogP contribution is -2.55. The number of halogens is 1. The zero-order valence-corrected chi connectivity index (χ0v) is 28.1. The third-order valence-electron chi connectivity index (χ3n) is 9.11. The number of fused-ring (bicyclic) bond motifs is 1. The molecule has 5 rings (SSSR count). The number of hydrogen-bond acceptors (Lipinski definition) is 4. The Morgan fingerprint density at radius 2 is 1.65 bits per heavy atom. The van der Waals surface area contributed by atoms with E-state index in [0.29, 0.717) is 38.4 Å². The van der Waals surface area contributed by atoms with Crippen molar-refractivity contribution >= 4 is 28.6 Å². The van der Waals surface area contributed by atoms with Crippen LogP contribution in [-0.2, 0) is 29.1 Å². The zero-order chi connectivity index (χ0) is 34.0. The SMILES string of the molecule is CCCN(C(=O)NCc1ccc(F)cc1)N1CCN(Cc2cccc3ccccc23)C(=O)[C@H](Cc2ccc(C(C)CC)cc2)NC(=O)C1. The number of hydrazine groups is 1. The van der Waals surface area contributed by atoms with E-state index >= 15 is 0 Å². The van der Waals surface area contributed by atoms with Crippen LogP contribution >= 0.6 is 0 Å². The lowest BCUT2D eigenvalue weighted by molar-refractivity contribution is -0.136. The molecule has 1 heterocycles. The smallest absolute Gasteiger partial charge is 0.332 e. The van der Waals surface area contributed by atoms with E-state index in [-0.39, 0.29) is 43.3 Å². The average molecular weight is 652 g/mol. The number of rotatable bonds is 11. The van der Waals surface area contributed by atoms with Gasteiger partial charge in [-0.3, -0.25) is 14.6 Å². The fraction of sp³-hybridized carbons (Fsp3) is 0.359. The number of amides is 4. The molecule has 2 N–H and O–H groups in total. The summed E-state index contributed by atoms with van der Waals surface area (Å²) in [4.78, 5) is 43.3. The molecule has 48 heavy (non-hydrogen) atoms. The Balaban J connectivity index is 1.41. The van der Waals surface area contributed by atoms with E-state index in [0.717, 1.165) is 33.9 Å². The van der Waals surface area contributed by atoms with Crippen molar-refractivity contribution in [2.75, 3.05) is 26.2 Å². The number of nitrogens with zero attached hydrogens (tertiary/aromatic N) is 3. The second-order valence-corrected chi connectivity index (χ2v) is 12.6. The van der Waals surface area contributed by atoms with Gasteiger partial charge < -0.3 is 15.5 Å². The van der Waals surface area contributed by atoms with Gasteiger partial charge in [0.15, 0.2) is 0 Å². The molecule has 252 valence electrons. The normalized spacial score (nSPS) is 16.5. The number of urea groups is 1. The van der Waals surface area contributed by atoms with Crippen LogP contribution in [0.1, 0.15) is 61.8 Å². The van der Waals surface area contributed by atoms with E-state index in [1.807, 2.05) is 43.3 Å². The minimum absolute atomic E-state index is 0.0805. The minimum Gasteiger partial charge on any atom is -0.343 e. The summed E-state index contributed by atoms with van der Waals surface area (Å²) in [5, 5.41) is 11.4. The van der Waals surface area contributed by atoms with E-state index in [4.69, 9.17) is 0 Å². The number of benzene rings is 4. The molecular weight excluding hydrogens is 605 g/mol. The van der Waals surface area contributed by atoms with Gasteiger partial charge in [0.1, 0.15) is 11.9 Å². The summed E-state index contributed by atoms with van der Waals surface area (Å²) in [6.45, 7) is 7.79. The molecule has 1 fully saturated rings. The third kappa shape index (κ3) is 8.77. The Labute approximate surface area is 282 Å². The summed E-state index contributed by atoms with van der Waals surface area (Å²) in [5.74, 6) is -0.396. The predicted molar refractivity (Wildman–Crippen MR) is 187 cm³/mol. The molecule has 0 radical (unpaired) electrons. The fourth-order valence-electron chi connectivity index (χ4n) is 6.16. The summed E-state index contributed by atoms with van der Waals surface area (Å²) in [6.07, 6.45) is 2.06. The van der Waals surface area contributed by atoms with Crippen LogP contribution in [0.3, 0.4) is 0 Å². The van der Waals surface area contributed by atoms with Crippen LogP contribution < -0.4 is 10.6 Å². The Bertz CT molecular complexity index is 1690. The van der Waals surface area contributed by atoms with Crippen molar-refractivity contribution in [1.29, 1.82) is 0 Å². The molecule has 0 saturated carbocycles. The van der Waals surface area contributed by atoms with Crippen molar-refractivity contribution in [1.82, 2.24) is 25.6 Å². The van der Waals surface area contributed by atoms with Gasteiger partial charge in [0.2, 0.25) is 11.8 Å². The largest absolute Gasteiger partial charge is 0.343 e. The zero-order valence-electron chi connectivity index (χ0n) is 28.1. The van der Waals surface area contributed by atoms with Gasteiger partial charge in [-0.2, -0.15) is 0 Å². The molecule has 4 aromatic rings. The fourth-order valence-corrected chi connectivity index (χ4v) is 6.16. The molecule has 8 nitrogen and oxygen atoms in total. The van der Waals surface area contributed by atoms with E-state index in [9.17, 15) is 18.8 Å². The second-order valence-electron chi connectivity index (χ2n) is 12.6. The van der Waals surface area contributed by atoms with Crippen LogP contribution in [0.25, 0.3) is 10.8 Å². The molecule has 1 saturated heterocycles. The molecule has 0 aliphatic carbocycles. The highest BCUT2D eigenvalue weighted by molar-refractivity contribution is 5.90. The van der Waals surface area contributed by atoms with Crippen molar-refractivity contribution < 1.29 is 18.8 Å². The van der Waals surface area contributed by atoms with Crippen LogP contribution in [0.5, 0.6) is 0 Å². The highest BCUT2D eigenvalue weighted by atomic mass is 19.1. The molecule has 0 spiro atoms. The molecule has 0 aromatic heterocycles. The van der Waals surface area contributed by atoms with Crippen LogP contribution in [0.4, 0.5) is 9.18 Å². The van der Waals surface area contributed by atoms with Gasteiger partial charge in [0, 0.05) is 39.1 Å². The molecule has 4 amide bonds. The quantitative estimate of drug-likeness (QED) is 0.197. The summed E-state index contributed by atoms with van der Waals surface area (Å²) in [7, 11) is 0. The highest BCUT2D eigenvalue weighted by Gasteiger charge is 2.32. The van der Waals surface area contributed by atoms with Crippen LogP contribution in [0.15, 0.2) is 91.0 Å². The first kappa shape index (κ1) is 34.6. The van der Waals surface area contributed by atoms with Crippen molar-refractivity contribution in [3.63, 3.8) is 0 Å². The third-order valence-corrected chi connectivity index (χ3v) is 9.11. The van der Waals surface area contributed by atoms with E-state index in [2.05, 4.69) is 54.8 Å². The van der Waals surface area contributed by atoms with Crippen LogP contribution in [-0.4, -0.2) is 65.0 Å². The Morgan fingerprint density at radius 1 is 0.938 bits per heavy atom. The molecule has 9 heteroatoms. The lowest BCUT2D eigenvalue weighted by Gasteiger charge is -2.35. The summed E-state index contributed by atoms with van der Waals surface area (Å²) in [5.41, 5.74) is 3.98. The summed E-state index contributed by atoms with van der Waals surface area (Å²) in [6, 6.07) is 27.3. The molecule has 1 aliphatic rings. The molecule has 1 unspecified atom stereocenters. The average Bonchev–Trinajstić information content (AvgIpc) is 3.15. The number of carbonyl (C=O) groups is 3. The van der Waals surface area contributed by atoms with Crippen LogP contribution in [0, 0.1) is 5.82 Å². The van der Waals surface area contributed by atoms with Gasteiger partial charge in [0.25, 0.3) is 0 Å². The van der Waals surface area contributed by atoms with Crippen molar-refractivity contribution in [3.8, 4) is 0 Å². The first-order chi connectivity index (χ1) is 23.2. The van der Waals surface area contributed by atoms with E-state index in [1.54, 1.807) is 27.1 Å². The Morgan fingerprint density at radius 3 is 2.38 bits per heavy atom. The van der Waals surface area contributed by atoms with Gasteiger partial charge in [-0.25, -0.2) is 14.2 Å². The lowest BCUT2D eigenvalue weighted by atomic mass is 9.96. The minimum atomic E-state index is -0.770. The highest BCUT2D eigenvalue weighted by Crippen LogP contribution is 2.23. The number of carbonyl (C=O) groups excluding carboxylic acids is 3. The predicted octanol–water partition coefficient (Wildman–Crippen LogP) is 6.40. The molecule has 2 atom stereocenters. The van der Waals surface area contributed by atoms with Gasteiger partial charge in [-0.15, -0.1) is 0 Å². The number of nitrogens with one attached hydrogen (secondary N) is 2. The van der Waals surface area contributed by atoms with E-state index < -0.39 is 6.04 Å². The van der Waals surface area contributed by atoms with Crippen molar-refractivity contribution in [3.05, 3.63) is 119 Å². The standard InChI is InChI=1S/C39H46FN5O3/c1-4-21-45(39(48)41-25-30-15-19-34(40)20-16-30)44-23-22-43(26-33-11-8-10-32-9-6-7-12-35(32)33)38(47)36(42-37(46)27-44)24-29-13-17-31(18-14-29)28(3)5-2/h6-20,28,36H,4-5,21-27H2,1-3H3,(H,41,48)(H,42,46)/t28?,36-/m0/s1.